The van der Waals surface area contributed by atoms with Gasteiger partial charge < -0.3 is 14.8 Å². The number of nitrogens with one attached hydrogen (secondary N) is 1. The topological polar surface area (TPSA) is 91.2 Å². The number of unbranched alkanes of at least 4 members (excludes halogenated alkanes) is 3. The van der Waals surface area contributed by atoms with Gasteiger partial charge in [0.25, 0.3) is 0 Å². The second-order valence-corrected chi connectivity index (χ2v) is 12.2. The molecule has 8 nitrogen and oxygen atoms in total. The van der Waals surface area contributed by atoms with Crippen LogP contribution in [0.1, 0.15) is 61.0 Å². The normalized spacial score (nSPS) is 12.9. The van der Waals surface area contributed by atoms with Crippen LogP contribution in [0.25, 0.3) is 10.9 Å². The Morgan fingerprint density at radius 2 is 1.78 bits per heavy atom. The quantitative estimate of drug-likeness (QED) is 0.0472. The van der Waals surface area contributed by atoms with E-state index in [-0.39, 0.29) is 22.9 Å². The molecule has 0 fully saturated rings. The fraction of sp³-hybridized carbons (Fsp3) is 0.300. The van der Waals surface area contributed by atoms with Gasteiger partial charge in [0.1, 0.15) is 11.4 Å². The Kier molecular flexibility index (Phi) is 16.8. The van der Waals surface area contributed by atoms with Crippen molar-refractivity contribution in [3.8, 4) is 5.75 Å². The molecule has 2 aliphatic carbocycles. The number of pyridine rings is 1. The number of fused-ring (bicyclic) bond motifs is 1. The molecule has 0 amide bonds. The summed E-state index contributed by atoms with van der Waals surface area (Å²) in [6, 6.07) is 15.1. The molecular weight excluding hydrogens is 690 g/mol. The molecule has 50 heavy (non-hydrogen) atoms. The van der Waals surface area contributed by atoms with E-state index in [1.807, 2.05) is 71.6 Å². The molecule has 0 radical (unpaired) electrons. The van der Waals surface area contributed by atoms with Crippen molar-refractivity contribution < 1.29 is 31.3 Å². The number of aromatic nitrogens is 4. The SMILES string of the molecule is C1=CCC=C1.O=C(/C=C/C1=CCC=C1)c1ccc(OCCCCCCn2cc(COCCCNc3ccnc4cc(Cl)ccc34)nn2)cc1.[Fe+2]. The first-order valence-electron chi connectivity index (χ1n) is 17.0. The molecular formula is C40H44ClFeN5O3+2. The molecule has 6 rings (SSSR count). The maximum atomic E-state index is 12.3. The van der Waals surface area contributed by atoms with Crippen molar-refractivity contribution in [2.45, 2.75) is 58.1 Å². The van der Waals surface area contributed by atoms with Crippen LogP contribution in [0.15, 0.2) is 121 Å². The van der Waals surface area contributed by atoms with E-state index in [9.17, 15) is 4.79 Å². The molecule has 2 aromatic heterocycles. The number of ketones is 1. The van der Waals surface area contributed by atoms with Crippen molar-refractivity contribution in [2.24, 2.45) is 0 Å². The number of hydrogen-bond acceptors (Lipinski definition) is 7. The molecule has 1 N–H and O–H groups in total. The molecule has 0 saturated carbocycles. The van der Waals surface area contributed by atoms with Gasteiger partial charge >= 0.3 is 17.1 Å². The van der Waals surface area contributed by atoms with Gasteiger partial charge in [-0.15, -0.1) is 5.10 Å². The summed E-state index contributed by atoms with van der Waals surface area (Å²) in [7, 11) is 0. The summed E-state index contributed by atoms with van der Waals surface area (Å²) in [4.78, 5) is 16.7. The Labute approximate surface area is 310 Å². The first-order chi connectivity index (χ1) is 24.1. The molecule has 4 aromatic rings. The number of hydrogen-bond donors (Lipinski definition) is 1. The maximum absolute atomic E-state index is 12.3. The number of carbonyl (C=O) groups excluding carboxylic acids is 1. The van der Waals surface area contributed by atoms with Crippen LogP contribution in [0, 0.1) is 0 Å². The second kappa shape index (κ2) is 21.7. The van der Waals surface area contributed by atoms with Crippen LogP contribution in [0.2, 0.25) is 5.02 Å². The Morgan fingerprint density at radius 1 is 0.940 bits per heavy atom. The first-order valence-corrected chi connectivity index (χ1v) is 17.4. The number of rotatable bonds is 18. The van der Waals surface area contributed by atoms with E-state index in [1.165, 1.54) is 0 Å². The minimum absolute atomic E-state index is 0. The molecule has 0 bridgehead atoms. The maximum Gasteiger partial charge on any atom is 2.00 e. The molecule has 10 heteroatoms. The molecule has 0 atom stereocenters. The van der Waals surface area contributed by atoms with Crippen molar-refractivity contribution >= 4 is 34.0 Å². The number of ether oxygens (including phenoxy) is 2. The number of aryl methyl sites for hydroxylation is 1. The number of nitrogens with zero attached hydrogens (tertiary/aromatic N) is 4. The molecule has 2 aliphatic rings. The summed E-state index contributed by atoms with van der Waals surface area (Å²) in [6.07, 6.45) is 28.9. The largest absolute Gasteiger partial charge is 2.00 e. The van der Waals surface area contributed by atoms with E-state index in [2.05, 4.69) is 57.1 Å². The van der Waals surface area contributed by atoms with Gasteiger partial charge in [0, 0.05) is 47.6 Å². The number of allylic oxidation sites excluding steroid dienone is 10. The molecule has 0 unspecified atom stereocenters. The standard InChI is InChI=1S/C35H38ClN5O3.C5H6.Fe/c36-29-13-16-32-33(18-20-38-34(32)24-29)37-19-7-22-43-26-30-25-41(40-39-30)21-5-1-2-6-23-44-31-14-11-28(12-15-31)35(42)17-10-27-8-3-4-9-27;1-2-4-5-3-1;/h3,8-18,20,24-25H,1-2,4-7,19,21-23,26H2,(H,37,38);1-4H,5H2;/q;;+2/b17-10+;;. The number of halogens is 1. The van der Waals surface area contributed by atoms with E-state index in [0.717, 1.165) is 91.6 Å². The van der Waals surface area contributed by atoms with Gasteiger partial charge in [0.05, 0.1) is 24.9 Å². The Bertz CT molecular complexity index is 1790. The van der Waals surface area contributed by atoms with Gasteiger partial charge in [-0.3, -0.25) is 14.5 Å². The van der Waals surface area contributed by atoms with Gasteiger partial charge in [-0.05, 0) is 98.7 Å². The van der Waals surface area contributed by atoms with Crippen LogP contribution in [-0.2, 0) is 35.0 Å². The van der Waals surface area contributed by atoms with Crippen molar-refractivity contribution in [2.75, 3.05) is 25.1 Å². The van der Waals surface area contributed by atoms with Gasteiger partial charge in [-0.25, -0.2) is 0 Å². The molecule has 0 aliphatic heterocycles. The Balaban J connectivity index is 0.000000860. The molecule has 260 valence electrons. The van der Waals surface area contributed by atoms with Crippen LogP contribution >= 0.6 is 11.6 Å². The smallest absolute Gasteiger partial charge is 0.494 e. The summed E-state index contributed by atoms with van der Waals surface area (Å²) in [5, 5.41) is 13.7. The molecule has 2 aromatic carbocycles. The van der Waals surface area contributed by atoms with Crippen molar-refractivity contribution in [1.29, 1.82) is 0 Å². The van der Waals surface area contributed by atoms with Gasteiger partial charge in [0.2, 0.25) is 0 Å². The van der Waals surface area contributed by atoms with Gasteiger partial charge in [-0.1, -0.05) is 71.8 Å². The van der Waals surface area contributed by atoms with Crippen LogP contribution in [0.5, 0.6) is 5.75 Å². The van der Waals surface area contributed by atoms with Crippen LogP contribution in [0.3, 0.4) is 0 Å². The minimum atomic E-state index is -0.00367. The predicted molar refractivity (Wildman–Crippen MR) is 198 cm³/mol. The van der Waals surface area contributed by atoms with E-state index in [0.29, 0.717) is 30.4 Å². The zero-order chi connectivity index (χ0) is 33.9. The zero-order valence-corrected chi connectivity index (χ0v) is 30.1. The van der Waals surface area contributed by atoms with Crippen molar-refractivity contribution in [3.05, 3.63) is 137 Å². The third-order valence-corrected chi connectivity index (χ3v) is 8.13. The van der Waals surface area contributed by atoms with Crippen LogP contribution in [-0.4, -0.2) is 45.5 Å². The summed E-state index contributed by atoms with van der Waals surface area (Å²) >= 11 is 6.08. The number of anilines is 1. The zero-order valence-electron chi connectivity index (χ0n) is 28.2. The van der Waals surface area contributed by atoms with E-state index < -0.39 is 0 Å². The summed E-state index contributed by atoms with van der Waals surface area (Å²) in [6.45, 7) is 3.37. The number of benzene rings is 2. The van der Waals surface area contributed by atoms with Crippen LogP contribution in [0.4, 0.5) is 5.69 Å². The van der Waals surface area contributed by atoms with E-state index in [1.54, 1.807) is 12.3 Å². The monoisotopic (exact) mass is 733 g/mol. The van der Waals surface area contributed by atoms with Crippen molar-refractivity contribution in [3.63, 3.8) is 0 Å². The first kappa shape index (κ1) is 38.5. The van der Waals surface area contributed by atoms with Gasteiger partial charge in [-0.2, -0.15) is 0 Å². The van der Waals surface area contributed by atoms with Crippen LogP contribution < -0.4 is 10.1 Å². The Hall–Kier alpha value is -4.27. The van der Waals surface area contributed by atoms with Gasteiger partial charge in [0.15, 0.2) is 5.78 Å². The average molecular weight is 734 g/mol. The third-order valence-electron chi connectivity index (χ3n) is 7.89. The average Bonchev–Trinajstić information content (AvgIpc) is 3.94. The summed E-state index contributed by atoms with van der Waals surface area (Å²) < 4.78 is 13.5. The fourth-order valence-corrected chi connectivity index (χ4v) is 5.43. The van der Waals surface area contributed by atoms with Crippen molar-refractivity contribution in [1.82, 2.24) is 20.0 Å². The van der Waals surface area contributed by atoms with E-state index >= 15 is 0 Å². The number of carbonyl (C=O) groups is 1. The minimum Gasteiger partial charge on any atom is -0.494 e. The summed E-state index contributed by atoms with van der Waals surface area (Å²) in [5.74, 6) is 0.782. The molecule has 2 heterocycles. The second-order valence-electron chi connectivity index (χ2n) is 11.7. The third kappa shape index (κ3) is 13.2. The molecule has 0 saturated heterocycles. The van der Waals surface area contributed by atoms with E-state index in [4.69, 9.17) is 21.1 Å². The Morgan fingerprint density at radius 3 is 2.56 bits per heavy atom. The summed E-state index contributed by atoms with van der Waals surface area (Å²) in [5.41, 5.74) is 4.50. The molecule has 0 spiro atoms. The predicted octanol–water partition coefficient (Wildman–Crippen LogP) is 9.26. The fourth-order valence-electron chi connectivity index (χ4n) is 5.26.